The van der Waals surface area contributed by atoms with Gasteiger partial charge in [-0.25, -0.2) is 0 Å². The number of hydrogen-bond acceptors (Lipinski definition) is 2. The highest BCUT2D eigenvalue weighted by Gasteiger charge is 2.04. The molecule has 0 aliphatic carbocycles. The lowest BCUT2D eigenvalue weighted by atomic mass is 10.1. The first-order chi connectivity index (χ1) is 6.58. The fourth-order valence-corrected chi connectivity index (χ4v) is 1.81. The number of aromatic nitrogens is 1. The monoisotopic (exact) mass is 253 g/mol. The van der Waals surface area contributed by atoms with Gasteiger partial charge in [0.25, 0.3) is 5.56 Å². The van der Waals surface area contributed by atoms with Crippen molar-refractivity contribution in [1.29, 1.82) is 0 Å². The molecule has 4 heteroatoms. The highest BCUT2D eigenvalue weighted by atomic mass is 79.9. The van der Waals surface area contributed by atoms with Crippen LogP contribution >= 0.6 is 15.9 Å². The summed E-state index contributed by atoms with van der Waals surface area (Å²) in [7, 11) is 0. The normalized spacial score (nSPS) is 10.7. The summed E-state index contributed by atoms with van der Waals surface area (Å²) in [4.78, 5) is 14.0. The Morgan fingerprint density at radius 1 is 1.36 bits per heavy atom. The van der Waals surface area contributed by atoms with E-state index in [2.05, 4.69) is 20.9 Å². The van der Waals surface area contributed by atoms with Gasteiger partial charge in [0.2, 0.25) is 0 Å². The van der Waals surface area contributed by atoms with Crippen LogP contribution in [0.5, 0.6) is 5.75 Å². The summed E-state index contributed by atoms with van der Waals surface area (Å²) in [5.41, 5.74) is 1.09. The number of aromatic hydroxyl groups is 1. The average Bonchev–Trinajstić information content (AvgIpc) is 2.08. The first kappa shape index (κ1) is 9.27. The molecule has 3 nitrogen and oxygen atoms in total. The van der Waals surface area contributed by atoms with E-state index in [0.717, 1.165) is 4.47 Å². The number of H-pyrrole nitrogens is 1. The van der Waals surface area contributed by atoms with Gasteiger partial charge in [-0.1, -0.05) is 15.9 Å². The minimum absolute atomic E-state index is 0.130. The summed E-state index contributed by atoms with van der Waals surface area (Å²) in [6, 6.07) is 5.03. The molecule has 2 N–H and O–H groups in total. The fraction of sp³-hybridized carbons (Fsp3) is 0.100. The number of phenolic OH excluding ortho intramolecular Hbond substituents is 1. The molecule has 0 saturated heterocycles. The standard InChI is InChI=1S/C10H8BrNO2/c1-5-2-7-8(12-10(5)14)3-6(11)4-9(7)13/h2-4,13H,1H3,(H,12,14). The first-order valence-electron chi connectivity index (χ1n) is 4.10. The van der Waals surface area contributed by atoms with Crippen molar-refractivity contribution in [2.75, 3.05) is 0 Å². The average molecular weight is 254 g/mol. The molecule has 0 amide bonds. The molecule has 0 bridgehead atoms. The SMILES string of the molecule is Cc1cc2c(O)cc(Br)cc2[nH]c1=O. The number of phenols is 1. The molecule has 1 heterocycles. The largest absolute Gasteiger partial charge is 0.507 e. The Morgan fingerprint density at radius 2 is 2.07 bits per heavy atom. The molecular weight excluding hydrogens is 246 g/mol. The van der Waals surface area contributed by atoms with E-state index in [-0.39, 0.29) is 11.3 Å². The quantitative estimate of drug-likeness (QED) is 0.757. The maximum atomic E-state index is 11.3. The summed E-state index contributed by atoms with van der Waals surface area (Å²) in [5, 5.41) is 10.3. The topological polar surface area (TPSA) is 53.1 Å². The number of aryl methyl sites for hydroxylation is 1. The second-order valence-corrected chi connectivity index (χ2v) is 4.08. The van der Waals surface area contributed by atoms with Gasteiger partial charge in [-0.3, -0.25) is 4.79 Å². The molecule has 14 heavy (non-hydrogen) atoms. The summed E-state index contributed by atoms with van der Waals surface area (Å²) in [5.74, 6) is 0.161. The second kappa shape index (κ2) is 3.13. The third kappa shape index (κ3) is 1.42. The minimum atomic E-state index is -0.130. The smallest absolute Gasteiger partial charge is 0.251 e. The maximum Gasteiger partial charge on any atom is 0.251 e. The van der Waals surface area contributed by atoms with Crippen molar-refractivity contribution in [3.8, 4) is 5.75 Å². The van der Waals surface area contributed by atoms with Crippen LogP contribution in [0.25, 0.3) is 10.9 Å². The summed E-state index contributed by atoms with van der Waals surface area (Å²) in [6.07, 6.45) is 0. The molecule has 0 fully saturated rings. The zero-order valence-corrected chi connectivity index (χ0v) is 9.05. The van der Waals surface area contributed by atoms with Gasteiger partial charge in [0.15, 0.2) is 0 Å². The van der Waals surface area contributed by atoms with Gasteiger partial charge >= 0.3 is 0 Å². The van der Waals surface area contributed by atoms with Gasteiger partial charge in [-0.2, -0.15) is 0 Å². The third-order valence-electron chi connectivity index (χ3n) is 2.09. The molecule has 2 rings (SSSR count). The van der Waals surface area contributed by atoms with Crippen LogP contribution in [0.3, 0.4) is 0 Å². The molecule has 0 aliphatic rings. The van der Waals surface area contributed by atoms with E-state index in [1.807, 2.05) is 0 Å². The van der Waals surface area contributed by atoms with Gasteiger partial charge in [-0.05, 0) is 25.1 Å². The van der Waals surface area contributed by atoms with Crippen molar-refractivity contribution in [2.45, 2.75) is 6.92 Å². The lowest BCUT2D eigenvalue weighted by molar-refractivity contribution is 0.481. The van der Waals surface area contributed by atoms with Crippen LogP contribution in [0.2, 0.25) is 0 Å². The zero-order valence-electron chi connectivity index (χ0n) is 7.47. The zero-order chi connectivity index (χ0) is 10.3. The minimum Gasteiger partial charge on any atom is -0.507 e. The van der Waals surface area contributed by atoms with Crippen LogP contribution in [0, 0.1) is 6.92 Å². The van der Waals surface area contributed by atoms with Crippen LogP contribution in [-0.2, 0) is 0 Å². The van der Waals surface area contributed by atoms with E-state index in [0.29, 0.717) is 16.5 Å². The van der Waals surface area contributed by atoms with Gasteiger partial charge in [0.1, 0.15) is 5.75 Å². The number of halogens is 1. The van der Waals surface area contributed by atoms with Crippen LogP contribution < -0.4 is 5.56 Å². The van der Waals surface area contributed by atoms with Gasteiger partial charge < -0.3 is 10.1 Å². The van der Waals surface area contributed by atoms with Crippen LogP contribution in [0.15, 0.2) is 27.5 Å². The first-order valence-corrected chi connectivity index (χ1v) is 4.89. The number of rotatable bonds is 0. The Bertz CT molecular complexity index is 560. The summed E-state index contributed by atoms with van der Waals surface area (Å²) >= 11 is 3.24. The predicted octanol–water partition coefficient (Wildman–Crippen LogP) is 2.30. The van der Waals surface area contributed by atoms with Crippen molar-refractivity contribution in [3.05, 3.63) is 38.6 Å². The molecule has 0 unspecified atom stereocenters. The van der Waals surface area contributed by atoms with Crippen LogP contribution in [0.1, 0.15) is 5.56 Å². The van der Waals surface area contributed by atoms with Crippen LogP contribution in [0.4, 0.5) is 0 Å². The van der Waals surface area contributed by atoms with E-state index in [1.165, 1.54) is 0 Å². The fourth-order valence-electron chi connectivity index (χ4n) is 1.36. The van der Waals surface area contributed by atoms with Crippen molar-refractivity contribution in [1.82, 2.24) is 4.98 Å². The number of benzene rings is 1. The summed E-state index contributed by atoms with van der Waals surface area (Å²) in [6.45, 7) is 1.71. The number of pyridine rings is 1. The van der Waals surface area contributed by atoms with Gasteiger partial charge in [-0.15, -0.1) is 0 Å². The highest BCUT2D eigenvalue weighted by Crippen LogP contribution is 2.27. The highest BCUT2D eigenvalue weighted by molar-refractivity contribution is 9.10. The molecule has 1 aromatic heterocycles. The molecule has 0 aliphatic heterocycles. The van der Waals surface area contributed by atoms with E-state index in [4.69, 9.17) is 0 Å². The predicted molar refractivity (Wildman–Crippen MR) is 58.7 cm³/mol. The van der Waals surface area contributed by atoms with Crippen LogP contribution in [-0.4, -0.2) is 10.1 Å². The molecule has 0 radical (unpaired) electrons. The van der Waals surface area contributed by atoms with E-state index < -0.39 is 0 Å². The van der Waals surface area contributed by atoms with Crippen molar-refractivity contribution in [2.24, 2.45) is 0 Å². The lowest BCUT2D eigenvalue weighted by Gasteiger charge is -2.02. The number of nitrogens with one attached hydrogen (secondary N) is 1. The number of hydrogen-bond donors (Lipinski definition) is 2. The molecule has 1 aromatic carbocycles. The lowest BCUT2D eigenvalue weighted by Crippen LogP contribution is -2.08. The molecule has 2 aromatic rings. The maximum absolute atomic E-state index is 11.3. The van der Waals surface area contributed by atoms with E-state index in [1.54, 1.807) is 25.1 Å². The number of fused-ring (bicyclic) bond motifs is 1. The molecular formula is C10H8BrNO2. The Labute approximate surface area is 88.5 Å². The second-order valence-electron chi connectivity index (χ2n) is 3.17. The van der Waals surface area contributed by atoms with E-state index >= 15 is 0 Å². The molecule has 0 atom stereocenters. The Morgan fingerprint density at radius 3 is 2.79 bits per heavy atom. The summed E-state index contributed by atoms with van der Waals surface area (Å²) < 4.78 is 0.738. The Hall–Kier alpha value is -1.29. The van der Waals surface area contributed by atoms with E-state index in [9.17, 15) is 9.90 Å². The third-order valence-corrected chi connectivity index (χ3v) is 2.55. The molecule has 0 spiro atoms. The number of aromatic amines is 1. The Kier molecular flexibility index (Phi) is 2.07. The van der Waals surface area contributed by atoms with Crippen molar-refractivity contribution in [3.63, 3.8) is 0 Å². The van der Waals surface area contributed by atoms with Gasteiger partial charge in [0, 0.05) is 15.4 Å². The van der Waals surface area contributed by atoms with Crippen molar-refractivity contribution >= 4 is 26.8 Å². The van der Waals surface area contributed by atoms with Crippen molar-refractivity contribution < 1.29 is 5.11 Å². The van der Waals surface area contributed by atoms with Gasteiger partial charge in [0.05, 0.1) is 5.52 Å². The molecule has 0 saturated carbocycles. The molecule has 72 valence electrons. The Balaban J connectivity index is 2.96.